The van der Waals surface area contributed by atoms with Crippen LogP contribution in [0, 0.1) is 11.8 Å². The maximum Gasteiger partial charge on any atom is 0.243 e. The zero-order chi connectivity index (χ0) is 22.9. The zero-order valence-corrected chi connectivity index (χ0v) is 19.3. The highest BCUT2D eigenvalue weighted by atomic mass is 16.6. The predicted molar refractivity (Wildman–Crippen MR) is 115 cm³/mol. The van der Waals surface area contributed by atoms with Crippen molar-refractivity contribution in [3.63, 3.8) is 0 Å². The molecule has 3 amide bonds. The molecule has 0 aromatic heterocycles. The number of ketones is 1. The van der Waals surface area contributed by atoms with Crippen LogP contribution in [0.2, 0.25) is 0 Å². The molecule has 1 saturated heterocycles. The Morgan fingerprint density at radius 3 is 2.13 bits per heavy atom. The third-order valence-corrected chi connectivity index (χ3v) is 5.15. The molecular weight excluding hydrogens is 386 g/mol. The second-order valence-corrected chi connectivity index (χ2v) is 9.10. The van der Waals surface area contributed by atoms with Gasteiger partial charge in [0.15, 0.2) is 5.78 Å². The second kappa shape index (κ2) is 12.0. The average Bonchev–Trinajstić information content (AvgIpc) is 3.41. The van der Waals surface area contributed by atoms with Gasteiger partial charge in [-0.15, -0.1) is 0 Å². The van der Waals surface area contributed by atoms with Crippen molar-refractivity contribution >= 4 is 23.5 Å². The number of rotatable bonds is 14. The third kappa shape index (κ3) is 8.81. The first kappa shape index (κ1) is 26.1. The quantitative estimate of drug-likeness (QED) is 0.289. The van der Waals surface area contributed by atoms with E-state index < -0.39 is 29.5 Å². The normalized spacial score (nSPS) is 19.9. The van der Waals surface area contributed by atoms with Crippen LogP contribution in [-0.2, 0) is 23.9 Å². The molecule has 0 bridgehead atoms. The van der Waals surface area contributed by atoms with Gasteiger partial charge >= 0.3 is 0 Å². The summed E-state index contributed by atoms with van der Waals surface area (Å²) in [6.45, 7) is 11.5. The standard InChI is InChI=1S/C22H39N3O5/c1-7-8-9-10-17(26)25-19(15(4)5)21(29)23-12-18(27)24-16(11-14(2)3)20(28)22(6)13-30-22/h14-16,19H,7-13H2,1-6H3,(H,23,29)(H,24,27)(H,25,26)/t16-,19?,22?/m0/s1. The number of epoxide rings is 1. The minimum atomic E-state index is -0.819. The molecule has 0 spiro atoms. The van der Waals surface area contributed by atoms with Gasteiger partial charge in [0.1, 0.15) is 11.6 Å². The predicted octanol–water partition coefficient (Wildman–Crippen LogP) is 1.71. The Morgan fingerprint density at radius 2 is 1.63 bits per heavy atom. The molecular formula is C22H39N3O5. The molecule has 2 unspecified atom stereocenters. The Kier molecular flexibility index (Phi) is 10.5. The van der Waals surface area contributed by atoms with Crippen molar-refractivity contribution in [2.45, 2.75) is 91.3 Å². The van der Waals surface area contributed by atoms with E-state index in [1.54, 1.807) is 6.92 Å². The number of amides is 3. The topological polar surface area (TPSA) is 117 Å². The van der Waals surface area contributed by atoms with Crippen LogP contribution < -0.4 is 16.0 Å². The van der Waals surface area contributed by atoms with Crippen LogP contribution in [0.4, 0.5) is 0 Å². The van der Waals surface area contributed by atoms with E-state index in [4.69, 9.17) is 4.74 Å². The SMILES string of the molecule is CCCCCC(=O)NC(C(=O)NCC(=O)N[C@@H](CC(C)C)C(=O)C1(C)CO1)C(C)C. The summed E-state index contributed by atoms with van der Waals surface area (Å²) in [7, 11) is 0. The van der Waals surface area contributed by atoms with Crippen LogP contribution >= 0.6 is 0 Å². The molecule has 3 atom stereocenters. The molecule has 0 radical (unpaired) electrons. The van der Waals surface area contributed by atoms with Crippen molar-refractivity contribution in [1.29, 1.82) is 0 Å². The summed E-state index contributed by atoms with van der Waals surface area (Å²) in [6, 6.07) is -1.36. The number of hydrogen-bond acceptors (Lipinski definition) is 5. The smallest absolute Gasteiger partial charge is 0.243 e. The van der Waals surface area contributed by atoms with Crippen LogP contribution in [0.1, 0.15) is 73.6 Å². The second-order valence-electron chi connectivity index (χ2n) is 9.10. The number of unbranched alkanes of at least 4 members (excludes halogenated alkanes) is 2. The maximum absolute atomic E-state index is 12.6. The first-order valence-corrected chi connectivity index (χ1v) is 11.0. The van der Waals surface area contributed by atoms with E-state index in [1.165, 1.54) is 0 Å². The summed E-state index contributed by atoms with van der Waals surface area (Å²) in [5.41, 5.74) is -0.819. The molecule has 0 saturated carbocycles. The Labute approximate surface area is 180 Å². The van der Waals surface area contributed by atoms with Crippen molar-refractivity contribution in [3.05, 3.63) is 0 Å². The zero-order valence-electron chi connectivity index (χ0n) is 19.3. The van der Waals surface area contributed by atoms with E-state index >= 15 is 0 Å². The summed E-state index contributed by atoms with van der Waals surface area (Å²) in [5, 5.41) is 8.06. The molecule has 172 valence electrons. The molecule has 1 rings (SSSR count). The van der Waals surface area contributed by atoms with Gasteiger partial charge in [-0.2, -0.15) is 0 Å². The molecule has 0 aromatic rings. The Bertz CT molecular complexity index is 614. The van der Waals surface area contributed by atoms with Crippen LogP contribution in [0.3, 0.4) is 0 Å². The van der Waals surface area contributed by atoms with Crippen LogP contribution in [0.15, 0.2) is 0 Å². The fourth-order valence-electron chi connectivity index (χ4n) is 3.16. The summed E-state index contributed by atoms with van der Waals surface area (Å²) >= 11 is 0. The number of ether oxygens (including phenoxy) is 1. The van der Waals surface area contributed by atoms with E-state index in [9.17, 15) is 19.2 Å². The van der Waals surface area contributed by atoms with Gasteiger partial charge in [0, 0.05) is 6.42 Å². The lowest BCUT2D eigenvalue weighted by atomic mass is 9.93. The van der Waals surface area contributed by atoms with Crippen molar-refractivity contribution in [2.75, 3.05) is 13.2 Å². The van der Waals surface area contributed by atoms with Gasteiger partial charge in [0.25, 0.3) is 0 Å². The first-order chi connectivity index (χ1) is 14.0. The number of carbonyl (C=O) groups excluding carboxylic acids is 4. The number of nitrogens with one attached hydrogen (secondary N) is 3. The highest BCUT2D eigenvalue weighted by Gasteiger charge is 2.50. The fraction of sp³-hybridized carbons (Fsp3) is 0.818. The minimum absolute atomic E-state index is 0.120. The molecule has 1 aliphatic rings. The number of carbonyl (C=O) groups is 4. The van der Waals surface area contributed by atoms with E-state index in [2.05, 4.69) is 22.9 Å². The summed E-state index contributed by atoms with van der Waals surface area (Å²) in [5.74, 6) is -1.07. The van der Waals surface area contributed by atoms with Crippen LogP contribution in [0.5, 0.6) is 0 Å². The molecule has 0 aliphatic carbocycles. The highest BCUT2D eigenvalue weighted by molar-refractivity contribution is 5.97. The summed E-state index contributed by atoms with van der Waals surface area (Å²) in [6.07, 6.45) is 3.64. The highest BCUT2D eigenvalue weighted by Crippen LogP contribution is 2.29. The van der Waals surface area contributed by atoms with E-state index in [-0.39, 0.29) is 30.1 Å². The first-order valence-electron chi connectivity index (χ1n) is 11.0. The van der Waals surface area contributed by atoms with Gasteiger partial charge in [-0.25, -0.2) is 0 Å². The Morgan fingerprint density at radius 1 is 1.00 bits per heavy atom. The lowest BCUT2D eigenvalue weighted by Crippen LogP contribution is -2.53. The molecule has 1 heterocycles. The van der Waals surface area contributed by atoms with E-state index in [0.717, 1.165) is 19.3 Å². The Balaban J connectivity index is 2.57. The monoisotopic (exact) mass is 425 g/mol. The lowest BCUT2D eigenvalue weighted by molar-refractivity contribution is -0.133. The summed E-state index contributed by atoms with van der Waals surface area (Å²) in [4.78, 5) is 49.6. The van der Waals surface area contributed by atoms with Crippen LogP contribution in [-0.4, -0.2) is 54.3 Å². The number of Topliss-reactive ketones (excluding diaryl/α,β-unsaturated/α-hetero) is 1. The van der Waals surface area contributed by atoms with Gasteiger partial charge in [0.05, 0.1) is 19.2 Å². The largest absolute Gasteiger partial charge is 0.361 e. The molecule has 30 heavy (non-hydrogen) atoms. The van der Waals surface area contributed by atoms with E-state index in [1.807, 2.05) is 27.7 Å². The summed E-state index contributed by atoms with van der Waals surface area (Å²) < 4.78 is 5.22. The molecule has 1 aliphatic heterocycles. The lowest BCUT2D eigenvalue weighted by Gasteiger charge is -2.23. The Hall–Kier alpha value is -1.96. The van der Waals surface area contributed by atoms with Gasteiger partial charge < -0.3 is 20.7 Å². The minimum Gasteiger partial charge on any atom is -0.361 e. The van der Waals surface area contributed by atoms with Gasteiger partial charge in [0.2, 0.25) is 17.7 Å². The average molecular weight is 426 g/mol. The fourth-order valence-corrected chi connectivity index (χ4v) is 3.16. The van der Waals surface area contributed by atoms with Crippen molar-refractivity contribution < 1.29 is 23.9 Å². The van der Waals surface area contributed by atoms with Gasteiger partial charge in [-0.1, -0.05) is 47.5 Å². The maximum atomic E-state index is 12.6. The molecule has 0 aromatic carbocycles. The van der Waals surface area contributed by atoms with Gasteiger partial charge in [-0.05, 0) is 31.6 Å². The molecule has 3 N–H and O–H groups in total. The number of hydrogen-bond donors (Lipinski definition) is 3. The van der Waals surface area contributed by atoms with E-state index in [0.29, 0.717) is 19.4 Å². The van der Waals surface area contributed by atoms with Crippen molar-refractivity contribution in [3.8, 4) is 0 Å². The molecule has 1 fully saturated rings. The molecule has 8 heteroatoms. The van der Waals surface area contributed by atoms with Crippen molar-refractivity contribution in [1.82, 2.24) is 16.0 Å². The third-order valence-electron chi connectivity index (χ3n) is 5.15. The van der Waals surface area contributed by atoms with Gasteiger partial charge in [-0.3, -0.25) is 19.2 Å². The van der Waals surface area contributed by atoms with Crippen LogP contribution in [0.25, 0.3) is 0 Å². The molecule has 8 nitrogen and oxygen atoms in total. The van der Waals surface area contributed by atoms with Crippen molar-refractivity contribution in [2.24, 2.45) is 11.8 Å².